The maximum absolute atomic E-state index is 10.8. The summed E-state index contributed by atoms with van der Waals surface area (Å²) in [7, 11) is 0. The van der Waals surface area contributed by atoms with Gasteiger partial charge in [-0.05, 0) is 24.8 Å². The van der Waals surface area contributed by atoms with E-state index in [0.717, 1.165) is 22.9 Å². The summed E-state index contributed by atoms with van der Waals surface area (Å²) < 4.78 is 0. The fourth-order valence-corrected chi connectivity index (χ4v) is 3.50. The van der Waals surface area contributed by atoms with Crippen LogP contribution in [0.3, 0.4) is 0 Å². The minimum absolute atomic E-state index is 0.349. The highest BCUT2D eigenvalue weighted by Crippen LogP contribution is 2.35. The number of rotatable bonds is 4. The molecule has 1 saturated carbocycles. The van der Waals surface area contributed by atoms with Crippen molar-refractivity contribution in [3.05, 3.63) is 27.4 Å². The first-order chi connectivity index (χ1) is 8.22. The molecule has 1 aliphatic rings. The molecule has 0 aliphatic heterocycles. The van der Waals surface area contributed by atoms with Crippen LogP contribution in [-0.2, 0) is 6.42 Å². The second-order valence-corrected chi connectivity index (χ2v) is 6.13. The molecule has 1 N–H and O–H groups in total. The molecule has 1 aliphatic carbocycles. The summed E-state index contributed by atoms with van der Waals surface area (Å²) in [5, 5.41) is 13.7. The van der Waals surface area contributed by atoms with Gasteiger partial charge >= 0.3 is 5.97 Å². The van der Waals surface area contributed by atoms with Crippen LogP contribution in [0.25, 0.3) is 10.6 Å². The molecule has 5 heteroatoms. The van der Waals surface area contributed by atoms with Crippen molar-refractivity contribution < 1.29 is 9.90 Å². The van der Waals surface area contributed by atoms with E-state index in [9.17, 15) is 4.79 Å². The molecule has 17 heavy (non-hydrogen) atoms. The van der Waals surface area contributed by atoms with Gasteiger partial charge in [0.25, 0.3) is 0 Å². The van der Waals surface area contributed by atoms with E-state index in [0.29, 0.717) is 5.56 Å². The highest BCUT2D eigenvalue weighted by Gasteiger charge is 2.23. The molecule has 0 bridgehead atoms. The van der Waals surface area contributed by atoms with Crippen LogP contribution in [0.4, 0.5) is 0 Å². The van der Waals surface area contributed by atoms with Gasteiger partial charge in [-0.2, -0.15) is 0 Å². The van der Waals surface area contributed by atoms with Gasteiger partial charge < -0.3 is 5.11 Å². The Kier molecular flexibility index (Phi) is 2.72. The lowest BCUT2D eigenvalue weighted by Gasteiger charge is -1.90. The third kappa shape index (κ3) is 2.40. The van der Waals surface area contributed by atoms with E-state index in [2.05, 4.69) is 4.98 Å². The summed E-state index contributed by atoms with van der Waals surface area (Å²) in [5.74, 6) is -0.0344. The maximum atomic E-state index is 10.8. The first-order valence-electron chi connectivity index (χ1n) is 5.49. The summed E-state index contributed by atoms with van der Waals surface area (Å²) in [5.41, 5.74) is 1.27. The first kappa shape index (κ1) is 10.9. The Labute approximate surface area is 107 Å². The lowest BCUT2D eigenvalue weighted by molar-refractivity contribution is 0.0697. The summed E-state index contributed by atoms with van der Waals surface area (Å²) in [6.07, 6.45) is 3.75. The number of aromatic carboxylic acids is 1. The SMILES string of the molecule is O=C(O)c1csc(-c2csc(CC3CC3)n2)c1. The van der Waals surface area contributed by atoms with E-state index < -0.39 is 5.97 Å². The molecule has 2 heterocycles. The van der Waals surface area contributed by atoms with Gasteiger partial charge in [0.05, 0.1) is 21.1 Å². The van der Waals surface area contributed by atoms with E-state index in [1.165, 1.54) is 29.2 Å². The fraction of sp³-hybridized carbons (Fsp3) is 0.333. The van der Waals surface area contributed by atoms with Crippen LogP contribution in [0.15, 0.2) is 16.8 Å². The molecular formula is C12H11NO2S2. The second-order valence-electron chi connectivity index (χ2n) is 4.28. The zero-order valence-corrected chi connectivity index (χ0v) is 10.7. The van der Waals surface area contributed by atoms with E-state index in [1.807, 2.05) is 5.38 Å². The normalized spacial score (nSPS) is 15.1. The Morgan fingerprint density at radius 2 is 2.24 bits per heavy atom. The number of thiophene rings is 1. The average Bonchev–Trinajstić information content (AvgIpc) is 2.82. The van der Waals surface area contributed by atoms with Gasteiger partial charge in [0.2, 0.25) is 0 Å². The van der Waals surface area contributed by atoms with Crippen LogP contribution >= 0.6 is 22.7 Å². The van der Waals surface area contributed by atoms with Crippen molar-refractivity contribution >= 4 is 28.6 Å². The van der Waals surface area contributed by atoms with Crippen LogP contribution in [-0.4, -0.2) is 16.1 Å². The van der Waals surface area contributed by atoms with Crippen LogP contribution in [0.2, 0.25) is 0 Å². The van der Waals surface area contributed by atoms with Crippen molar-refractivity contribution in [2.45, 2.75) is 19.3 Å². The van der Waals surface area contributed by atoms with Gasteiger partial charge in [0.15, 0.2) is 0 Å². The predicted octanol–water partition coefficient (Wildman–Crippen LogP) is 3.52. The van der Waals surface area contributed by atoms with Gasteiger partial charge in [-0.25, -0.2) is 9.78 Å². The number of thiazole rings is 1. The Morgan fingerprint density at radius 3 is 2.88 bits per heavy atom. The molecule has 0 radical (unpaired) electrons. The van der Waals surface area contributed by atoms with Gasteiger partial charge in [-0.1, -0.05) is 0 Å². The van der Waals surface area contributed by atoms with Gasteiger partial charge in [0, 0.05) is 17.2 Å². The lowest BCUT2D eigenvalue weighted by Crippen LogP contribution is -1.91. The van der Waals surface area contributed by atoms with Gasteiger partial charge in [-0.15, -0.1) is 22.7 Å². The molecule has 3 rings (SSSR count). The van der Waals surface area contributed by atoms with Crippen LogP contribution in [0.5, 0.6) is 0 Å². The van der Waals surface area contributed by atoms with Crippen molar-refractivity contribution in [2.75, 3.05) is 0 Å². The molecular weight excluding hydrogens is 254 g/mol. The third-order valence-electron chi connectivity index (χ3n) is 2.81. The largest absolute Gasteiger partial charge is 0.478 e. The molecule has 88 valence electrons. The second kappa shape index (κ2) is 4.23. The van der Waals surface area contributed by atoms with Gasteiger partial charge in [-0.3, -0.25) is 0 Å². The molecule has 3 nitrogen and oxygen atoms in total. The monoisotopic (exact) mass is 265 g/mol. The van der Waals surface area contributed by atoms with Crippen molar-refractivity contribution in [1.82, 2.24) is 4.98 Å². The molecule has 0 atom stereocenters. The van der Waals surface area contributed by atoms with Crippen LogP contribution < -0.4 is 0 Å². The molecule has 0 amide bonds. The Hall–Kier alpha value is -1.20. The molecule has 2 aromatic heterocycles. The standard InChI is InChI=1S/C12H11NO2S2/c14-12(15)8-4-10(16-5-8)9-6-17-11(13-9)3-7-1-2-7/h4-7H,1-3H2,(H,14,15). The highest BCUT2D eigenvalue weighted by molar-refractivity contribution is 7.14. The Balaban J connectivity index is 1.81. The van der Waals surface area contributed by atoms with E-state index in [4.69, 9.17) is 5.11 Å². The lowest BCUT2D eigenvalue weighted by atomic mass is 10.3. The molecule has 0 unspecified atom stereocenters. The number of carbonyl (C=O) groups is 1. The number of hydrogen-bond donors (Lipinski definition) is 1. The topological polar surface area (TPSA) is 50.2 Å². The number of nitrogens with zero attached hydrogens (tertiary/aromatic N) is 1. The molecule has 1 fully saturated rings. The van der Waals surface area contributed by atoms with E-state index in [1.54, 1.807) is 22.8 Å². The molecule has 0 aromatic carbocycles. The predicted molar refractivity (Wildman–Crippen MR) is 68.8 cm³/mol. The summed E-state index contributed by atoms with van der Waals surface area (Å²) in [6, 6.07) is 1.70. The van der Waals surface area contributed by atoms with E-state index in [-0.39, 0.29) is 0 Å². The summed E-state index contributed by atoms with van der Waals surface area (Å²) >= 11 is 3.12. The van der Waals surface area contributed by atoms with E-state index >= 15 is 0 Å². The van der Waals surface area contributed by atoms with Crippen LogP contribution in [0, 0.1) is 5.92 Å². The Morgan fingerprint density at radius 1 is 1.41 bits per heavy atom. The number of aromatic nitrogens is 1. The zero-order chi connectivity index (χ0) is 11.8. The first-order valence-corrected chi connectivity index (χ1v) is 7.25. The minimum Gasteiger partial charge on any atom is -0.478 e. The van der Waals surface area contributed by atoms with Crippen LogP contribution in [0.1, 0.15) is 28.2 Å². The zero-order valence-electron chi connectivity index (χ0n) is 9.05. The van der Waals surface area contributed by atoms with Crippen molar-refractivity contribution in [3.8, 4) is 10.6 Å². The highest BCUT2D eigenvalue weighted by atomic mass is 32.1. The summed E-state index contributed by atoms with van der Waals surface area (Å²) in [4.78, 5) is 16.3. The quantitative estimate of drug-likeness (QED) is 0.920. The molecule has 2 aromatic rings. The average molecular weight is 265 g/mol. The third-order valence-corrected chi connectivity index (χ3v) is 4.63. The minimum atomic E-state index is -0.874. The Bertz CT molecular complexity index is 554. The summed E-state index contributed by atoms with van der Waals surface area (Å²) in [6.45, 7) is 0. The van der Waals surface area contributed by atoms with Crippen molar-refractivity contribution in [2.24, 2.45) is 5.92 Å². The van der Waals surface area contributed by atoms with Crippen molar-refractivity contribution in [1.29, 1.82) is 0 Å². The number of carboxylic acid groups (broad SMARTS) is 1. The number of hydrogen-bond acceptors (Lipinski definition) is 4. The fourth-order valence-electron chi connectivity index (χ4n) is 1.67. The smallest absolute Gasteiger partial charge is 0.336 e. The number of carboxylic acids is 1. The van der Waals surface area contributed by atoms with Crippen molar-refractivity contribution in [3.63, 3.8) is 0 Å². The van der Waals surface area contributed by atoms with Gasteiger partial charge in [0.1, 0.15) is 0 Å². The molecule has 0 saturated heterocycles. The maximum Gasteiger partial charge on any atom is 0.336 e. The molecule has 0 spiro atoms.